The van der Waals surface area contributed by atoms with Crippen molar-refractivity contribution in [3.05, 3.63) is 47.7 Å². The lowest BCUT2D eigenvalue weighted by atomic mass is 9.87. The molecule has 4 amide bonds. The Morgan fingerprint density at radius 3 is 2.54 bits per heavy atom. The van der Waals surface area contributed by atoms with E-state index in [0.29, 0.717) is 17.8 Å². The SMILES string of the molecule is CCC1(c2ccccc2)NC(=O)N(CC(=O)Nc2cc(C)nn2C)C1=O. The van der Waals surface area contributed by atoms with Crippen LogP contribution in [-0.2, 0) is 22.2 Å². The molecular weight excluding hydrogens is 334 g/mol. The van der Waals surface area contributed by atoms with Crippen LogP contribution in [-0.4, -0.2) is 39.1 Å². The second kappa shape index (κ2) is 6.62. The van der Waals surface area contributed by atoms with Gasteiger partial charge >= 0.3 is 6.03 Å². The molecule has 1 atom stereocenters. The van der Waals surface area contributed by atoms with E-state index in [1.165, 1.54) is 4.68 Å². The molecule has 2 heterocycles. The summed E-state index contributed by atoms with van der Waals surface area (Å²) in [7, 11) is 1.70. The lowest BCUT2D eigenvalue weighted by Crippen LogP contribution is -2.44. The predicted molar refractivity (Wildman–Crippen MR) is 95.2 cm³/mol. The molecule has 1 fully saturated rings. The number of nitrogens with one attached hydrogen (secondary N) is 2. The summed E-state index contributed by atoms with van der Waals surface area (Å²) < 4.78 is 1.53. The molecule has 136 valence electrons. The van der Waals surface area contributed by atoms with Gasteiger partial charge in [0.15, 0.2) is 0 Å². The second-order valence-electron chi connectivity index (χ2n) is 6.29. The molecule has 0 bridgehead atoms. The molecule has 0 saturated carbocycles. The standard InChI is InChI=1S/C18H21N5O3/c1-4-18(13-8-6-5-7-9-13)16(25)23(17(26)20-18)11-15(24)19-14-10-12(2)21-22(14)3/h5-10H,4,11H2,1-3H3,(H,19,24)(H,20,26). The average molecular weight is 355 g/mol. The van der Waals surface area contributed by atoms with Crippen molar-refractivity contribution in [3.63, 3.8) is 0 Å². The Balaban J connectivity index is 1.79. The number of nitrogens with zero attached hydrogens (tertiary/aromatic N) is 3. The van der Waals surface area contributed by atoms with Gasteiger partial charge in [-0.3, -0.25) is 19.2 Å². The highest BCUT2D eigenvalue weighted by Gasteiger charge is 2.51. The number of benzene rings is 1. The molecule has 0 spiro atoms. The maximum Gasteiger partial charge on any atom is 0.325 e. The Hall–Kier alpha value is -3.16. The Bertz CT molecular complexity index is 861. The zero-order valence-corrected chi connectivity index (χ0v) is 14.9. The van der Waals surface area contributed by atoms with Gasteiger partial charge in [0, 0.05) is 13.1 Å². The molecule has 8 heteroatoms. The van der Waals surface area contributed by atoms with E-state index in [4.69, 9.17) is 0 Å². The molecule has 0 aliphatic carbocycles. The molecule has 26 heavy (non-hydrogen) atoms. The van der Waals surface area contributed by atoms with E-state index in [1.54, 1.807) is 25.2 Å². The van der Waals surface area contributed by atoms with Crippen LogP contribution in [0.15, 0.2) is 36.4 Å². The quantitative estimate of drug-likeness (QED) is 0.795. The molecule has 1 aromatic carbocycles. The number of amides is 4. The summed E-state index contributed by atoms with van der Waals surface area (Å²) in [5.41, 5.74) is 0.319. The summed E-state index contributed by atoms with van der Waals surface area (Å²) >= 11 is 0. The van der Waals surface area contributed by atoms with E-state index >= 15 is 0 Å². The third kappa shape index (κ3) is 2.94. The van der Waals surface area contributed by atoms with E-state index in [1.807, 2.05) is 32.0 Å². The number of imide groups is 1. The lowest BCUT2D eigenvalue weighted by Gasteiger charge is -2.25. The highest BCUT2D eigenvalue weighted by atomic mass is 16.2. The molecule has 1 aromatic heterocycles. The van der Waals surface area contributed by atoms with Crippen LogP contribution in [0, 0.1) is 6.92 Å². The number of carbonyl (C=O) groups excluding carboxylic acids is 3. The topological polar surface area (TPSA) is 96.3 Å². The fourth-order valence-electron chi connectivity index (χ4n) is 3.19. The Morgan fingerprint density at radius 2 is 1.96 bits per heavy atom. The fourth-order valence-corrected chi connectivity index (χ4v) is 3.19. The van der Waals surface area contributed by atoms with E-state index in [9.17, 15) is 14.4 Å². The van der Waals surface area contributed by atoms with E-state index in [-0.39, 0.29) is 6.54 Å². The second-order valence-corrected chi connectivity index (χ2v) is 6.29. The zero-order chi connectivity index (χ0) is 18.9. The van der Waals surface area contributed by atoms with Crippen molar-refractivity contribution in [2.75, 3.05) is 11.9 Å². The predicted octanol–water partition coefficient (Wildman–Crippen LogP) is 1.52. The molecule has 2 aromatic rings. The monoisotopic (exact) mass is 355 g/mol. The number of aromatic nitrogens is 2. The summed E-state index contributed by atoms with van der Waals surface area (Å²) in [6.45, 7) is 3.28. The first kappa shape index (κ1) is 17.7. The van der Waals surface area contributed by atoms with Gasteiger partial charge in [-0.05, 0) is 18.9 Å². The maximum absolute atomic E-state index is 13.0. The first-order valence-electron chi connectivity index (χ1n) is 8.37. The average Bonchev–Trinajstić information content (AvgIpc) is 3.06. The van der Waals surface area contributed by atoms with Gasteiger partial charge in [0.2, 0.25) is 5.91 Å². The van der Waals surface area contributed by atoms with E-state index < -0.39 is 23.4 Å². The number of urea groups is 1. The molecule has 1 unspecified atom stereocenters. The lowest BCUT2D eigenvalue weighted by molar-refractivity contribution is -0.134. The van der Waals surface area contributed by atoms with E-state index in [0.717, 1.165) is 10.6 Å². The molecule has 3 rings (SSSR count). The van der Waals surface area contributed by atoms with Gasteiger partial charge in [-0.1, -0.05) is 37.3 Å². The van der Waals surface area contributed by atoms with Gasteiger partial charge < -0.3 is 10.6 Å². The summed E-state index contributed by atoms with van der Waals surface area (Å²) in [4.78, 5) is 38.6. The van der Waals surface area contributed by atoms with Crippen LogP contribution in [0.2, 0.25) is 0 Å². The van der Waals surface area contributed by atoms with Gasteiger partial charge in [0.05, 0.1) is 5.69 Å². The molecular formula is C18H21N5O3. The summed E-state index contributed by atoms with van der Waals surface area (Å²) in [6, 6.07) is 10.2. The smallest absolute Gasteiger partial charge is 0.319 e. The minimum absolute atomic E-state index is 0.358. The third-order valence-electron chi connectivity index (χ3n) is 4.54. The van der Waals surface area contributed by atoms with Gasteiger partial charge in [0.25, 0.3) is 5.91 Å². The van der Waals surface area contributed by atoms with Crippen molar-refractivity contribution < 1.29 is 14.4 Å². The number of aryl methyl sites for hydroxylation is 2. The summed E-state index contributed by atoms with van der Waals surface area (Å²) in [5.74, 6) is -0.381. The number of hydrogen-bond donors (Lipinski definition) is 2. The number of rotatable bonds is 5. The summed E-state index contributed by atoms with van der Waals surface area (Å²) in [6.07, 6.45) is 0.390. The van der Waals surface area contributed by atoms with Crippen molar-refractivity contribution in [2.45, 2.75) is 25.8 Å². The summed E-state index contributed by atoms with van der Waals surface area (Å²) in [5, 5.41) is 9.57. The minimum Gasteiger partial charge on any atom is -0.319 e. The van der Waals surface area contributed by atoms with Crippen LogP contribution < -0.4 is 10.6 Å². The Labute approximate surface area is 151 Å². The number of carbonyl (C=O) groups is 3. The van der Waals surface area contributed by atoms with Crippen molar-refractivity contribution in [2.24, 2.45) is 7.05 Å². The van der Waals surface area contributed by atoms with Gasteiger partial charge in [-0.15, -0.1) is 0 Å². The van der Waals surface area contributed by atoms with Crippen LogP contribution in [0.5, 0.6) is 0 Å². The minimum atomic E-state index is -1.14. The normalized spacial score (nSPS) is 19.6. The van der Waals surface area contributed by atoms with Crippen LogP contribution in [0.3, 0.4) is 0 Å². The van der Waals surface area contributed by atoms with E-state index in [2.05, 4.69) is 15.7 Å². The van der Waals surface area contributed by atoms with Crippen LogP contribution >= 0.6 is 0 Å². The highest BCUT2D eigenvalue weighted by Crippen LogP contribution is 2.32. The molecule has 8 nitrogen and oxygen atoms in total. The molecule has 1 saturated heterocycles. The molecule has 0 radical (unpaired) electrons. The van der Waals surface area contributed by atoms with Crippen LogP contribution in [0.1, 0.15) is 24.6 Å². The molecule has 1 aliphatic rings. The first-order chi connectivity index (χ1) is 12.4. The van der Waals surface area contributed by atoms with Crippen molar-refractivity contribution in [1.29, 1.82) is 0 Å². The van der Waals surface area contributed by atoms with Gasteiger partial charge in [-0.25, -0.2) is 4.79 Å². The van der Waals surface area contributed by atoms with Gasteiger partial charge in [-0.2, -0.15) is 5.10 Å². The van der Waals surface area contributed by atoms with Crippen LogP contribution in [0.4, 0.5) is 10.6 Å². The highest BCUT2D eigenvalue weighted by molar-refractivity contribution is 6.10. The van der Waals surface area contributed by atoms with Gasteiger partial charge in [0.1, 0.15) is 17.9 Å². The van der Waals surface area contributed by atoms with Crippen LogP contribution in [0.25, 0.3) is 0 Å². The largest absolute Gasteiger partial charge is 0.325 e. The zero-order valence-electron chi connectivity index (χ0n) is 14.9. The third-order valence-corrected chi connectivity index (χ3v) is 4.54. The fraction of sp³-hybridized carbons (Fsp3) is 0.333. The Kier molecular flexibility index (Phi) is 4.50. The molecule has 1 aliphatic heterocycles. The first-order valence-corrected chi connectivity index (χ1v) is 8.37. The number of anilines is 1. The Morgan fingerprint density at radius 1 is 1.27 bits per heavy atom. The van der Waals surface area contributed by atoms with Crippen molar-refractivity contribution in [1.82, 2.24) is 20.0 Å². The van der Waals surface area contributed by atoms with Crippen molar-refractivity contribution in [3.8, 4) is 0 Å². The maximum atomic E-state index is 13.0. The number of hydrogen-bond acceptors (Lipinski definition) is 4. The van der Waals surface area contributed by atoms with Crippen molar-refractivity contribution >= 4 is 23.7 Å². The molecule has 2 N–H and O–H groups in total.